The predicted molar refractivity (Wildman–Crippen MR) is 40.1 cm³/mol. The topological polar surface area (TPSA) is 60.1 Å². The number of nitrogens with zero attached hydrogens (tertiary/aromatic N) is 4. The maximum Gasteiger partial charge on any atom is 0.257 e. The molecule has 0 radical (unpaired) electrons. The van der Waals surface area contributed by atoms with Crippen molar-refractivity contribution in [2.24, 2.45) is 4.99 Å². The van der Waals surface area contributed by atoms with Gasteiger partial charge in [-0.1, -0.05) is 0 Å². The van der Waals surface area contributed by atoms with Crippen LogP contribution in [0, 0.1) is 0 Å². The Morgan fingerprint density at radius 1 is 1.82 bits per heavy atom. The smallest absolute Gasteiger partial charge is 0.257 e. The molecule has 0 spiro atoms. The van der Waals surface area contributed by atoms with Gasteiger partial charge in [-0.15, -0.1) is 10.2 Å². The van der Waals surface area contributed by atoms with Crippen molar-refractivity contribution in [2.45, 2.75) is 13.8 Å². The Balaban J connectivity index is 3.05. The van der Waals surface area contributed by atoms with Gasteiger partial charge >= 0.3 is 0 Å². The van der Waals surface area contributed by atoms with Crippen LogP contribution >= 0.6 is 0 Å². The first-order valence-corrected chi connectivity index (χ1v) is 3.15. The molecule has 0 aliphatic carbocycles. The maximum absolute atomic E-state index is 10.8. The molecule has 0 bridgehead atoms. The van der Waals surface area contributed by atoms with Crippen molar-refractivity contribution in [1.29, 1.82) is 0 Å². The lowest BCUT2D eigenvalue weighted by Crippen LogP contribution is -2.02. The molecule has 1 aromatic heterocycles. The van der Waals surface area contributed by atoms with Gasteiger partial charge in [0, 0.05) is 13.1 Å². The van der Waals surface area contributed by atoms with Crippen molar-refractivity contribution < 1.29 is 4.79 Å². The van der Waals surface area contributed by atoms with Crippen LogP contribution < -0.4 is 0 Å². The van der Waals surface area contributed by atoms with E-state index in [0.29, 0.717) is 5.95 Å². The fourth-order valence-electron chi connectivity index (χ4n) is 0.655. The zero-order chi connectivity index (χ0) is 8.27. The molecule has 0 saturated carbocycles. The van der Waals surface area contributed by atoms with Gasteiger partial charge in [0.2, 0.25) is 5.91 Å². The van der Waals surface area contributed by atoms with Crippen molar-refractivity contribution >= 4 is 18.1 Å². The summed E-state index contributed by atoms with van der Waals surface area (Å²) in [5.74, 6) is 0.176. The lowest BCUT2D eigenvalue weighted by molar-refractivity contribution is 0.0938. The fourth-order valence-corrected chi connectivity index (χ4v) is 0.655. The minimum atomic E-state index is -0.143. The van der Waals surface area contributed by atoms with Crippen molar-refractivity contribution in [3.05, 3.63) is 6.33 Å². The summed E-state index contributed by atoms with van der Waals surface area (Å²) in [6.07, 6.45) is 2.90. The Labute approximate surface area is 63.8 Å². The lowest BCUT2D eigenvalue weighted by Gasteiger charge is -1.93. The van der Waals surface area contributed by atoms with E-state index in [2.05, 4.69) is 15.2 Å². The van der Waals surface area contributed by atoms with Gasteiger partial charge in [-0.3, -0.25) is 4.79 Å². The molecule has 0 aromatic carbocycles. The van der Waals surface area contributed by atoms with Crippen molar-refractivity contribution in [2.75, 3.05) is 0 Å². The summed E-state index contributed by atoms with van der Waals surface area (Å²) in [6.45, 7) is 3.18. The standard InChI is InChI=1S/C6H8N4O/c1-3-7-6-9-8-4-10(6)5(2)11/h3-4H,1-2H3. The van der Waals surface area contributed by atoms with E-state index >= 15 is 0 Å². The molecule has 0 unspecified atom stereocenters. The van der Waals surface area contributed by atoms with Gasteiger partial charge in [0.15, 0.2) is 0 Å². The van der Waals surface area contributed by atoms with Gasteiger partial charge in [0.25, 0.3) is 5.95 Å². The number of rotatable bonds is 1. The highest BCUT2D eigenvalue weighted by molar-refractivity contribution is 5.78. The van der Waals surface area contributed by atoms with Crippen molar-refractivity contribution in [1.82, 2.24) is 14.8 Å². The van der Waals surface area contributed by atoms with Crippen LogP contribution in [0.4, 0.5) is 5.95 Å². The minimum Gasteiger partial charge on any atom is -0.274 e. The predicted octanol–water partition coefficient (Wildman–Crippen LogP) is 0.660. The average Bonchev–Trinajstić information content (AvgIpc) is 2.36. The fraction of sp³-hybridized carbons (Fsp3) is 0.333. The lowest BCUT2D eigenvalue weighted by atomic mass is 10.7. The number of carbonyl (C=O) groups is 1. The van der Waals surface area contributed by atoms with Gasteiger partial charge in [-0.05, 0) is 6.92 Å². The monoisotopic (exact) mass is 152 g/mol. The summed E-state index contributed by atoms with van der Waals surface area (Å²) in [6, 6.07) is 0. The zero-order valence-corrected chi connectivity index (χ0v) is 6.35. The molecule has 0 fully saturated rings. The van der Waals surface area contributed by atoms with E-state index in [4.69, 9.17) is 0 Å². The van der Waals surface area contributed by atoms with Crippen LogP contribution in [-0.2, 0) is 0 Å². The quantitative estimate of drug-likeness (QED) is 0.555. The summed E-state index contributed by atoms with van der Waals surface area (Å²) >= 11 is 0. The summed E-state index contributed by atoms with van der Waals surface area (Å²) in [7, 11) is 0. The van der Waals surface area contributed by atoms with Crippen LogP contribution in [-0.4, -0.2) is 26.9 Å². The second-order valence-corrected chi connectivity index (χ2v) is 1.91. The Bertz CT molecular complexity index is 289. The number of hydrogen-bond donors (Lipinski definition) is 0. The molecule has 5 heteroatoms. The van der Waals surface area contributed by atoms with Gasteiger partial charge in [-0.25, -0.2) is 9.56 Å². The molecule has 5 nitrogen and oxygen atoms in total. The Kier molecular flexibility index (Phi) is 2.10. The van der Waals surface area contributed by atoms with Crippen LogP contribution in [0.15, 0.2) is 11.3 Å². The maximum atomic E-state index is 10.8. The molecule has 0 amide bonds. The first-order chi connectivity index (χ1) is 5.25. The normalized spacial score (nSPS) is 10.7. The minimum absolute atomic E-state index is 0.143. The molecule has 1 heterocycles. The van der Waals surface area contributed by atoms with Crippen LogP contribution in [0.3, 0.4) is 0 Å². The summed E-state index contributed by atoms with van der Waals surface area (Å²) in [4.78, 5) is 14.6. The van der Waals surface area contributed by atoms with Crippen molar-refractivity contribution in [3.8, 4) is 0 Å². The highest BCUT2D eigenvalue weighted by atomic mass is 16.2. The second-order valence-electron chi connectivity index (χ2n) is 1.91. The third-order valence-corrected chi connectivity index (χ3v) is 1.11. The highest BCUT2D eigenvalue weighted by Gasteiger charge is 2.03. The van der Waals surface area contributed by atoms with E-state index in [-0.39, 0.29) is 5.91 Å². The van der Waals surface area contributed by atoms with E-state index in [1.54, 1.807) is 13.1 Å². The number of hydrogen-bond acceptors (Lipinski definition) is 4. The van der Waals surface area contributed by atoms with Gasteiger partial charge in [0.1, 0.15) is 6.33 Å². The van der Waals surface area contributed by atoms with Crippen LogP contribution in [0.25, 0.3) is 0 Å². The van der Waals surface area contributed by atoms with Gasteiger partial charge < -0.3 is 0 Å². The summed E-state index contributed by atoms with van der Waals surface area (Å²) < 4.78 is 1.28. The zero-order valence-electron chi connectivity index (χ0n) is 6.35. The molecule has 1 rings (SSSR count). The third-order valence-electron chi connectivity index (χ3n) is 1.11. The highest BCUT2D eigenvalue weighted by Crippen LogP contribution is 2.04. The van der Waals surface area contributed by atoms with Gasteiger partial charge in [0.05, 0.1) is 0 Å². The van der Waals surface area contributed by atoms with Crippen LogP contribution in [0.2, 0.25) is 0 Å². The average molecular weight is 152 g/mol. The molecule has 11 heavy (non-hydrogen) atoms. The molecule has 58 valence electrons. The Hall–Kier alpha value is -1.52. The molecule has 1 aromatic rings. The molecule has 0 aliphatic heterocycles. The molecule has 0 atom stereocenters. The van der Waals surface area contributed by atoms with E-state index in [9.17, 15) is 4.79 Å². The van der Waals surface area contributed by atoms with Crippen molar-refractivity contribution in [3.63, 3.8) is 0 Å². The number of aromatic nitrogens is 3. The van der Waals surface area contributed by atoms with E-state index < -0.39 is 0 Å². The number of carbonyl (C=O) groups excluding carboxylic acids is 1. The molecular formula is C6H8N4O. The number of aliphatic imine (C=N–C) groups is 1. The largest absolute Gasteiger partial charge is 0.274 e. The van der Waals surface area contributed by atoms with E-state index in [0.717, 1.165) is 0 Å². The van der Waals surface area contributed by atoms with Crippen LogP contribution in [0.1, 0.15) is 18.6 Å². The van der Waals surface area contributed by atoms with Crippen LogP contribution in [0.5, 0.6) is 0 Å². The van der Waals surface area contributed by atoms with E-state index in [1.165, 1.54) is 17.8 Å². The summed E-state index contributed by atoms with van der Waals surface area (Å²) in [5, 5.41) is 7.16. The first kappa shape index (κ1) is 7.59. The summed E-state index contributed by atoms with van der Waals surface area (Å²) in [5.41, 5.74) is 0. The molecular weight excluding hydrogens is 144 g/mol. The third kappa shape index (κ3) is 1.49. The molecule has 0 aliphatic rings. The molecule has 0 N–H and O–H groups in total. The Morgan fingerprint density at radius 3 is 3.09 bits per heavy atom. The Morgan fingerprint density at radius 2 is 2.55 bits per heavy atom. The SMILES string of the molecule is CC=Nc1nncn1C(C)=O. The molecule has 0 saturated heterocycles. The first-order valence-electron chi connectivity index (χ1n) is 3.15. The second kappa shape index (κ2) is 3.05. The van der Waals surface area contributed by atoms with Gasteiger partial charge in [-0.2, -0.15) is 0 Å². The van der Waals surface area contributed by atoms with E-state index in [1.807, 2.05) is 0 Å².